The third-order valence-corrected chi connectivity index (χ3v) is 2.09. The molecule has 1 aromatic rings. The number of aliphatic hydroxyl groups is 1. The number of halogens is 2. The zero-order valence-corrected chi connectivity index (χ0v) is 9.79. The first kappa shape index (κ1) is 14.4. The van der Waals surface area contributed by atoms with Crippen LogP contribution < -0.4 is 10.1 Å². The lowest BCUT2D eigenvalue weighted by Crippen LogP contribution is -2.28. The minimum absolute atomic E-state index is 0.0352. The Morgan fingerprint density at radius 3 is 2.56 bits per heavy atom. The number of amides is 1. The molecule has 4 nitrogen and oxygen atoms in total. The average molecular weight is 259 g/mol. The Hall–Kier alpha value is -1.69. The Morgan fingerprint density at radius 2 is 1.94 bits per heavy atom. The highest BCUT2D eigenvalue weighted by Crippen LogP contribution is 2.14. The maximum absolute atomic E-state index is 12.8. The van der Waals surface area contributed by atoms with Gasteiger partial charge in [0.25, 0.3) is 0 Å². The van der Waals surface area contributed by atoms with Gasteiger partial charge in [-0.05, 0) is 6.42 Å². The van der Waals surface area contributed by atoms with Crippen molar-refractivity contribution in [3.8, 4) is 5.75 Å². The summed E-state index contributed by atoms with van der Waals surface area (Å²) < 4.78 is 30.7. The number of nitrogens with one attached hydrogen (secondary N) is 1. The van der Waals surface area contributed by atoms with E-state index in [1.165, 1.54) is 0 Å². The lowest BCUT2D eigenvalue weighted by atomic mass is 10.3. The summed E-state index contributed by atoms with van der Waals surface area (Å²) >= 11 is 0. The Balaban J connectivity index is 2.23. The number of ether oxygens (including phenoxy) is 1. The van der Waals surface area contributed by atoms with Gasteiger partial charge in [-0.15, -0.1) is 0 Å². The number of hydrogen-bond acceptors (Lipinski definition) is 3. The van der Waals surface area contributed by atoms with Gasteiger partial charge in [-0.25, -0.2) is 8.78 Å². The van der Waals surface area contributed by atoms with Crippen LogP contribution in [-0.4, -0.2) is 30.8 Å². The monoisotopic (exact) mass is 259 g/mol. The summed E-state index contributed by atoms with van der Waals surface area (Å²) in [6.45, 7) is 0.322. The van der Waals surface area contributed by atoms with E-state index < -0.39 is 11.6 Å². The maximum atomic E-state index is 12.8. The molecule has 2 N–H and O–H groups in total. The smallest absolute Gasteiger partial charge is 0.220 e. The van der Waals surface area contributed by atoms with Crippen LogP contribution in [0.3, 0.4) is 0 Å². The third kappa shape index (κ3) is 5.58. The molecular formula is C12H15F2NO3. The zero-order chi connectivity index (χ0) is 13.4. The van der Waals surface area contributed by atoms with E-state index in [2.05, 4.69) is 5.32 Å². The number of carbonyl (C=O) groups is 1. The van der Waals surface area contributed by atoms with Crippen LogP contribution >= 0.6 is 0 Å². The molecule has 1 rings (SSSR count). The second-order valence-electron chi connectivity index (χ2n) is 3.63. The van der Waals surface area contributed by atoms with Crippen molar-refractivity contribution in [2.45, 2.75) is 12.8 Å². The van der Waals surface area contributed by atoms with Crippen molar-refractivity contribution in [3.05, 3.63) is 29.8 Å². The average Bonchev–Trinajstić information content (AvgIpc) is 2.31. The lowest BCUT2D eigenvalue weighted by Gasteiger charge is -2.07. The van der Waals surface area contributed by atoms with Crippen molar-refractivity contribution in [3.63, 3.8) is 0 Å². The number of aliphatic hydroxyl groups excluding tert-OH is 1. The Bertz CT molecular complexity index is 379. The second kappa shape index (κ2) is 7.60. The molecule has 0 heterocycles. The van der Waals surface area contributed by atoms with Crippen molar-refractivity contribution < 1.29 is 23.4 Å². The van der Waals surface area contributed by atoms with Gasteiger partial charge in [-0.2, -0.15) is 0 Å². The Labute approximate surface area is 104 Å². The molecule has 100 valence electrons. The summed E-state index contributed by atoms with van der Waals surface area (Å²) in [5.41, 5.74) is 0. The molecule has 0 saturated heterocycles. The molecule has 0 bridgehead atoms. The van der Waals surface area contributed by atoms with Crippen LogP contribution in [0.25, 0.3) is 0 Å². The highest BCUT2D eigenvalue weighted by atomic mass is 19.1. The van der Waals surface area contributed by atoms with Crippen LogP contribution in [0, 0.1) is 11.6 Å². The maximum Gasteiger partial charge on any atom is 0.220 e. The molecule has 0 aliphatic carbocycles. The van der Waals surface area contributed by atoms with E-state index in [1.54, 1.807) is 0 Å². The SMILES string of the molecule is O=C(CCCO)NCCOc1cc(F)cc(F)c1. The van der Waals surface area contributed by atoms with E-state index in [9.17, 15) is 13.6 Å². The first-order valence-corrected chi connectivity index (χ1v) is 5.58. The molecule has 18 heavy (non-hydrogen) atoms. The van der Waals surface area contributed by atoms with Crippen LogP contribution in [0.1, 0.15) is 12.8 Å². The molecule has 0 spiro atoms. The fourth-order valence-corrected chi connectivity index (χ4v) is 1.30. The predicted octanol–water partition coefficient (Wildman–Crippen LogP) is 1.23. The minimum atomic E-state index is -0.711. The molecule has 0 aromatic heterocycles. The minimum Gasteiger partial charge on any atom is -0.492 e. The number of carbonyl (C=O) groups excluding carboxylic acids is 1. The predicted molar refractivity (Wildman–Crippen MR) is 61.2 cm³/mol. The molecule has 0 saturated carbocycles. The fraction of sp³-hybridized carbons (Fsp3) is 0.417. The van der Waals surface area contributed by atoms with Gasteiger partial charge in [0, 0.05) is 31.2 Å². The van der Waals surface area contributed by atoms with Gasteiger partial charge in [-0.1, -0.05) is 0 Å². The van der Waals surface area contributed by atoms with Gasteiger partial charge in [-0.3, -0.25) is 4.79 Å². The molecule has 0 radical (unpaired) electrons. The van der Waals surface area contributed by atoms with Gasteiger partial charge >= 0.3 is 0 Å². The second-order valence-corrected chi connectivity index (χ2v) is 3.63. The van der Waals surface area contributed by atoms with E-state index in [-0.39, 0.29) is 37.8 Å². The number of hydrogen-bond donors (Lipinski definition) is 2. The van der Waals surface area contributed by atoms with Crippen molar-refractivity contribution >= 4 is 5.91 Å². The molecule has 1 amide bonds. The van der Waals surface area contributed by atoms with E-state index in [1.807, 2.05) is 0 Å². The van der Waals surface area contributed by atoms with Crippen LogP contribution in [0.5, 0.6) is 5.75 Å². The van der Waals surface area contributed by atoms with Crippen LogP contribution in [-0.2, 0) is 4.79 Å². The van der Waals surface area contributed by atoms with Crippen LogP contribution in [0.15, 0.2) is 18.2 Å². The number of rotatable bonds is 7. The molecule has 6 heteroatoms. The number of benzene rings is 1. The molecule has 0 aliphatic rings. The lowest BCUT2D eigenvalue weighted by molar-refractivity contribution is -0.121. The summed E-state index contributed by atoms with van der Waals surface area (Å²) in [6.07, 6.45) is 0.646. The van der Waals surface area contributed by atoms with E-state index >= 15 is 0 Å². The zero-order valence-electron chi connectivity index (χ0n) is 9.79. The van der Waals surface area contributed by atoms with Gasteiger partial charge in [0.2, 0.25) is 5.91 Å². The fourth-order valence-electron chi connectivity index (χ4n) is 1.30. The van der Waals surface area contributed by atoms with Gasteiger partial charge in [0.1, 0.15) is 24.0 Å². The van der Waals surface area contributed by atoms with Crippen LogP contribution in [0.4, 0.5) is 8.78 Å². The summed E-state index contributed by atoms with van der Waals surface area (Å²) in [5, 5.41) is 11.1. The highest BCUT2D eigenvalue weighted by Gasteiger charge is 2.02. The Kier molecular flexibility index (Phi) is 6.07. The normalized spacial score (nSPS) is 10.2. The molecular weight excluding hydrogens is 244 g/mol. The topological polar surface area (TPSA) is 58.6 Å². The van der Waals surface area contributed by atoms with Crippen molar-refractivity contribution in [1.82, 2.24) is 5.32 Å². The first-order chi connectivity index (χ1) is 8.61. The summed E-state index contributed by atoms with van der Waals surface area (Å²) in [5.74, 6) is -1.54. The summed E-state index contributed by atoms with van der Waals surface area (Å²) in [4.78, 5) is 11.1. The van der Waals surface area contributed by atoms with E-state index in [0.29, 0.717) is 6.42 Å². The van der Waals surface area contributed by atoms with Gasteiger partial charge in [0.15, 0.2) is 0 Å². The molecule has 0 fully saturated rings. The largest absolute Gasteiger partial charge is 0.492 e. The molecule has 1 aromatic carbocycles. The summed E-state index contributed by atoms with van der Waals surface area (Å²) in [7, 11) is 0. The van der Waals surface area contributed by atoms with Crippen LogP contribution in [0.2, 0.25) is 0 Å². The molecule has 0 unspecified atom stereocenters. The molecule has 0 aliphatic heterocycles. The van der Waals surface area contributed by atoms with Crippen molar-refractivity contribution in [1.29, 1.82) is 0 Å². The quantitative estimate of drug-likeness (QED) is 0.724. The van der Waals surface area contributed by atoms with Crippen molar-refractivity contribution in [2.75, 3.05) is 19.8 Å². The Morgan fingerprint density at radius 1 is 1.28 bits per heavy atom. The van der Waals surface area contributed by atoms with Gasteiger partial charge < -0.3 is 15.2 Å². The molecule has 0 atom stereocenters. The van der Waals surface area contributed by atoms with E-state index in [0.717, 1.165) is 18.2 Å². The third-order valence-electron chi connectivity index (χ3n) is 2.09. The van der Waals surface area contributed by atoms with E-state index in [4.69, 9.17) is 9.84 Å². The highest BCUT2D eigenvalue weighted by molar-refractivity contribution is 5.75. The standard InChI is InChI=1S/C12H15F2NO3/c13-9-6-10(14)8-11(7-9)18-5-3-15-12(17)2-1-4-16/h6-8,16H,1-5H2,(H,15,17). The summed E-state index contributed by atoms with van der Waals surface area (Å²) in [6, 6.07) is 2.89. The van der Waals surface area contributed by atoms with Crippen molar-refractivity contribution in [2.24, 2.45) is 0 Å². The first-order valence-electron chi connectivity index (χ1n) is 5.58. The van der Waals surface area contributed by atoms with Gasteiger partial charge in [0.05, 0.1) is 6.54 Å².